The quantitative estimate of drug-likeness (QED) is 0.247. The van der Waals surface area contributed by atoms with Gasteiger partial charge in [-0.2, -0.15) is 0 Å². The van der Waals surface area contributed by atoms with Gasteiger partial charge < -0.3 is 0 Å². The Morgan fingerprint density at radius 2 is 1.31 bits per heavy atom. The van der Waals surface area contributed by atoms with Crippen LogP contribution in [0.5, 0.6) is 0 Å². The lowest BCUT2D eigenvalue weighted by Crippen LogP contribution is -1.78. The molecule has 0 saturated carbocycles. The predicted octanol–water partition coefficient (Wildman–Crippen LogP) is 6.02. The van der Waals surface area contributed by atoms with Gasteiger partial charge in [-0.15, -0.1) is 0 Å². The van der Waals surface area contributed by atoms with Crippen LogP contribution in [0.4, 0.5) is 0 Å². The molecular formula is C15H27Br. The van der Waals surface area contributed by atoms with Gasteiger partial charge in [-0.1, -0.05) is 79.3 Å². The van der Waals surface area contributed by atoms with Gasteiger partial charge in [0, 0.05) is 5.33 Å². The maximum Gasteiger partial charge on any atom is 0.00313 e. The van der Waals surface area contributed by atoms with E-state index in [1.165, 1.54) is 57.8 Å². The van der Waals surface area contributed by atoms with Crippen molar-refractivity contribution in [3.63, 3.8) is 0 Å². The van der Waals surface area contributed by atoms with E-state index in [1.807, 2.05) is 0 Å². The van der Waals surface area contributed by atoms with Crippen LogP contribution in [0.1, 0.15) is 64.7 Å². The first-order valence-electron chi connectivity index (χ1n) is 6.79. The molecule has 1 heteroatoms. The third-order valence-electron chi connectivity index (χ3n) is 2.61. The van der Waals surface area contributed by atoms with Crippen LogP contribution in [0.15, 0.2) is 24.3 Å². The van der Waals surface area contributed by atoms with E-state index in [2.05, 4.69) is 47.2 Å². The molecule has 0 aliphatic heterocycles. The van der Waals surface area contributed by atoms with Gasteiger partial charge in [0.2, 0.25) is 0 Å². The van der Waals surface area contributed by atoms with Gasteiger partial charge in [0.25, 0.3) is 0 Å². The summed E-state index contributed by atoms with van der Waals surface area (Å²) in [5, 5.41) is 1.16. The fourth-order valence-electron chi connectivity index (χ4n) is 1.56. The molecule has 0 bridgehead atoms. The zero-order valence-electron chi connectivity index (χ0n) is 10.8. The summed E-state index contributed by atoms with van der Waals surface area (Å²) in [5.41, 5.74) is 0. The van der Waals surface area contributed by atoms with E-state index in [0.29, 0.717) is 0 Å². The Balaban J connectivity index is 3.12. The van der Waals surface area contributed by atoms with Crippen LogP contribution in [0, 0.1) is 0 Å². The van der Waals surface area contributed by atoms with Crippen LogP contribution < -0.4 is 0 Å². The normalized spacial score (nSPS) is 11.9. The van der Waals surface area contributed by atoms with Crippen molar-refractivity contribution in [2.24, 2.45) is 0 Å². The number of unbranched alkanes of at least 4 members (excludes halogenated alkanes) is 7. The topological polar surface area (TPSA) is 0 Å². The Morgan fingerprint density at radius 3 is 1.94 bits per heavy atom. The molecule has 0 spiro atoms. The lowest BCUT2D eigenvalue weighted by Gasteiger charge is -1.96. The smallest absolute Gasteiger partial charge is 0.00313 e. The first-order valence-corrected chi connectivity index (χ1v) is 7.91. The highest BCUT2D eigenvalue weighted by molar-refractivity contribution is 9.09. The van der Waals surface area contributed by atoms with E-state index in [1.54, 1.807) is 0 Å². The standard InChI is InChI=1S/C15H27Br/c1-2-3-4-5-6-7-8-9-10-11-12-13-14-15-16/h5-8H,2-4,9-15H2,1H3/b6-5+,8-7+. The molecule has 0 unspecified atom stereocenters. The summed E-state index contributed by atoms with van der Waals surface area (Å²) in [6.07, 6.45) is 20.9. The van der Waals surface area contributed by atoms with Crippen molar-refractivity contribution in [1.82, 2.24) is 0 Å². The van der Waals surface area contributed by atoms with E-state index >= 15 is 0 Å². The van der Waals surface area contributed by atoms with Gasteiger partial charge in [-0.05, 0) is 25.7 Å². The minimum Gasteiger partial charge on any atom is -0.0928 e. The lowest BCUT2D eigenvalue weighted by atomic mass is 10.1. The molecule has 16 heavy (non-hydrogen) atoms. The largest absolute Gasteiger partial charge is 0.0928 e. The fraction of sp³-hybridized carbons (Fsp3) is 0.733. The number of hydrogen-bond acceptors (Lipinski definition) is 0. The van der Waals surface area contributed by atoms with E-state index in [4.69, 9.17) is 0 Å². The second-order valence-electron chi connectivity index (χ2n) is 4.24. The molecule has 0 saturated heterocycles. The Hall–Kier alpha value is -0.0400. The first-order chi connectivity index (χ1) is 7.91. The lowest BCUT2D eigenvalue weighted by molar-refractivity contribution is 0.641. The average Bonchev–Trinajstić information content (AvgIpc) is 2.31. The van der Waals surface area contributed by atoms with Gasteiger partial charge in [0.1, 0.15) is 0 Å². The third-order valence-corrected chi connectivity index (χ3v) is 3.17. The molecule has 0 atom stereocenters. The minimum absolute atomic E-state index is 1.16. The second-order valence-corrected chi connectivity index (χ2v) is 5.04. The summed E-state index contributed by atoms with van der Waals surface area (Å²) in [4.78, 5) is 0. The number of rotatable bonds is 11. The van der Waals surface area contributed by atoms with Gasteiger partial charge in [0.05, 0.1) is 0 Å². The van der Waals surface area contributed by atoms with E-state index in [9.17, 15) is 0 Å². The molecule has 0 aliphatic rings. The summed E-state index contributed by atoms with van der Waals surface area (Å²) < 4.78 is 0. The van der Waals surface area contributed by atoms with Gasteiger partial charge in [-0.25, -0.2) is 0 Å². The highest BCUT2D eigenvalue weighted by atomic mass is 79.9. The molecule has 0 aromatic rings. The minimum atomic E-state index is 1.16. The molecule has 0 rings (SSSR count). The molecule has 0 N–H and O–H groups in total. The van der Waals surface area contributed by atoms with Crippen molar-refractivity contribution in [2.45, 2.75) is 64.7 Å². The monoisotopic (exact) mass is 286 g/mol. The van der Waals surface area contributed by atoms with Gasteiger partial charge >= 0.3 is 0 Å². The van der Waals surface area contributed by atoms with Crippen LogP contribution in [-0.2, 0) is 0 Å². The Labute approximate surface area is 110 Å². The van der Waals surface area contributed by atoms with Gasteiger partial charge in [-0.3, -0.25) is 0 Å². The molecule has 0 fully saturated rings. The number of halogens is 1. The fourth-order valence-corrected chi connectivity index (χ4v) is 1.96. The van der Waals surface area contributed by atoms with Crippen LogP contribution in [0.2, 0.25) is 0 Å². The molecule has 0 aliphatic carbocycles. The van der Waals surface area contributed by atoms with Crippen LogP contribution in [0.25, 0.3) is 0 Å². The Bertz CT molecular complexity index is 170. The Kier molecular flexibility index (Phi) is 14.9. The molecule has 0 nitrogen and oxygen atoms in total. The molecular weight excluding hydrogens is 260 g/mol. The highest BCUT2D eigenvalue weighted by Gasteiger charge is 1.87. The molecule has 0 amide bonds. The van der Waals surface area contributed by atoms with Crippen molar-refractivity contribution in [3.05, 3.63) is 24.3 Å². The van der Waals surface area contributed by atoms with Crippen molar-refractivity contribution in [2.75, 3.05) is 5.33 Å². The first kappa shape index (κ1) is 16.0. The zero-order valence-corrected chi connectivity index (χ0v) is 12.3. The van der Waals surface area contributed by atoms with E-state index in [0.717, 1.165) is 5.33 Å². The summed E-state index contributed by atoms with van der Waals surface area (Å²) in [6.45, 7) is 2.24. The van der Waals surface area contributed by atoms with Crippen molar-refractivity contribution in [1.29, 1.82) is 0 Å². The summed E-state index contributed by atoms with van der Waals surface area (Å²) in [6, 6.07) is 0. The predicted molar refractivity (Wildman–Crippen MR) is 79.3 cm³/mol. The van der Waals surface area contributed by atoms with Crippen molar-refractivity contribution >= 4 is 15.9 Å². The molecule has 0 aromatic heterocycles. The van der Waals surface area contributed by atoms with Crippen LogP contribution >= 0.6 is 15.9 Å². The molecule has 0 radical (unpaired) electrons. The molecule has 0 heterocycles. The maximum atomic E-state index is 3.46. The summed E-state index contributed by atoms with van der Waals surface area (Å²) in [5.74, 6) is 0. The zero-order chi connectivity index (χ0) is 11.9. The highest BCUT2D eigenvalue weighted by Crippen LogP contribution is 2.06. The average molecular weight is 287 g/mol. The second kappa shape index (κ2) is 15.0. The van der Waals surface area contributed by atoms with Crippen LogP contribution in [-0.4, -0.2) is 5.33 Å². The van der Waals surface area contributed by atoms with Crippen LogP contribution in [0.3, 0.4) is 0 Å². The summed E-state index contributed by atoms with van der Waals surface area (Å²) >= 11 is 3.46. The van der Waals surface area contributed by atoms with Gasteiger partial charge in [0.15, 0.2) is 0 Å². The third kappa shape index (κ3) is 14.0. The van der Waals surface area contributed by atoms with Crippen molar-refractivity contribution < 1.29 is 0 Å². The summed E-state index contributed by atoms with van der Waals surface area (Å²) in [7, 11) is 0. The molecule has 94 valence electrons. The van der Waals surface area contributed by atoms with E-state index < -0.39 is 0 Å². The SMILES string of the molecule is CCCC/C=C/C=C/CCCCCCCBr. The maximum absolute atomic E-state index is 3.46. The van der Waals surface area contributed by atoms with E-state index in [-0.39, 0.29) is 0 Å². The molecule has 0 aromatic carbocycles. The van der Waals surface area contributed by atoms with Crippen molar-refractivity contribution in [3.8, 4) is 0 Å². The number of allylic oxidation sites excluding steroid dienone is 4. The Morgan fingerprint density at radius 1 is 0.750 bits per heavy atom. The number of hydrogen-bond donors (Lipinski definition) is 0. The number of alkyl halides is 1.